The van der Waals surface area contributed by atoms with Crippen LogP contribution in [0, 0.1) is 0 Å². The van der Waals surface area contributed by atoms with Crippen molar-refractivity contribution < 1.29 is 9.90 Å². The van der Waals surface area contributed by atoms with Crippen molar-refractivity contribution in [3.8, 4) is 0 Å². The molecule has 0 atom stereocenters. The monoisotopic (exact) mass is 208 g/mol. The fourth-order valence-corrected chi connectivity index (χ4v) is 1.36. The number of rotatable bonds is 4. The van der Waals surface area contributed by atoms with Crippen molar-refractivity contribution in [2.45, 2.75) is 20.0 Å². The van der Waals surface area contributed by atoms with Gasteiger partial charge >= 0.3 is 0 Å². The van der Waals surface area contributed by atoms with E-state index in [1.807, 2.05) is 6.92 Å². The number of carbonyl (C=O) groups is 1. The Bertz CT molecular complexity index is 339. The number of aromatic nitrogens is 1. The van der Waals surface area contributed by atoms with Crippen LogP contribution in [0.1, 0.15) is 29.4 Å². The molecule has 1 rings (SSSR count). The molecule has 0 spiro atoms. The number of carbonyl (C=O) groups excluding carboxylic acids is 1. The predicted octanol–water partition coefficient (Wildman–Crippen LogP) is 1.06. The zero-order chi connectivity index (χ0) is 11.3. The van der Waals surface area contributed by atoms with E-state index in [9.17, 15) is 4.79 Å². The molecule has 0 saturated heterocycles. The fraction of sp³-hybridized carbons (Fsp3) is 0.455. The number of aliphatic hydroxyl groups is 1. The van der Waals surface area contributed by atoms with Crippen molar-refractivity contribution in [1.82, 2.24) is 9.88 Å². The summed E-state index contributed by atoms with van der Waals surface area (Å²) in [6.07, 6.45) is 2.47. The highest BCUT2D eigenvalue weighted by molar-refractivity contribution is 5.94. The van der Waals surface area contributed by atoms with Gasteiger partial charge in [0.25, 0.3) is 5.91 Å². The normalized spacial score (nSPS) is 10.1. The summed E-state index contributed by atoms with van der Waals surface area (Å²) in [6, 6.07) is 3.28. The smallest absolute Gasteiger partial charge is 0.253 e. The summed E-state index contributed by atoms with van der Waals surface area (Å²) in [5, 5.41) is 8.90. The Morgan fingerprint density at radius 3 is 2.93 bits per heavy atom. The summed E-state index contributed by atoms with van der Waals surface area (Å²) in [4.78, 5) is 17.4. The van der Waals surface area contributed by atoms with Crippen LogP contribution in [0.5, 0.6) is 0 Å². The van der Waals surface area contributed by atoms with Crippen LogP contribution in [0.3, 0.4) is 0 Å². The third-order valence-electron chi connectivity index (χ3n) is 2.13. The van der Waals surface area contributed by atoms with Crippen molar-refractivity contribution in [2.24, 2.45) is 0 Å². The second kappa shape index (κ2) is 5.46. The van der Waals surface area contributed by atoms with E-state index in [0.717, 1.165) is 13.0 Å². The molecule has 0 aliphatic rings. The van der Waals surface area contributed by atoms with Gasteiger partial charge in [0.05, 0.1) is 12.3 Å². The Balaban J connectivity index is 2.81. The molecule has 4 nitrogen and oxygen atoms in total. The number of aliphatic hydroxyl groups excluding tert-OH is 1. The van der Waals surface area contributed by atoms with Gasteiger partial charge in [0.2, 0.25) is 0 Å². The van der Waals surface area contributed by atoms with Gasteiger partial charge in [-0.25, -0.2) is 0 Å². The van der Waals surface area contributed by atoms with E-state index in [1.54, 1.807) is 30.3 Å². The second-order valence-electron chi connectivity index (χ2n) is 3.42. The van der Waals surface area contributed by atoms with Crippen LogP contribution in [0.2, 0.25) is 0 Å². The first-order valence-corrected chi connectivity index (χ1v) is 5.00. The molecule has 15 heavy (non-hydrogen) atoms. The fourth-order valence-electron chi connectivity index (χ4n) is 1.36. The van der Waals surface area contributed by atoms with Crippen molar-refractivity contribution in [2.75, 3.05) is 13.6 Å². The lowest BCUT2D eigenvalue weighted by atomic mass is 10.2. The summed E-state index contributed by atoms with van der Waals surface area (Å²) >= 11 is 0. The molecule has 0 saturated carbocycles. The van der Waals surface area contributed by atoms with Crippen LogP contribution in [0.4, 0.5) is 0 Å². The van der Waals surface area contributed by atoms with E-state index < -0.39 is 0 Å². The van der Waals surface area contributed by atoms with Crippen LogP contribution < -0.4 is 0 Å². The van der Waals surface area contributed by atoms with Gasteiger partial charge in [-0.1, -0.05) is 6.92 Å². The van der Waals surface area contributed by atoms with Crippen LogP contribution in [0.25, 0.3) is 0 Å². The lowest BCUT2D eigenvalue weighted by Crippen LogP contribution is -2.27. The molecule has 0 bridgehead atoms. The summed E-state index contributed by atoms with van der Waals surface area (Å²) < 4.78 is 0. The Labute approximate surface area is 89.6 Å². The first-order chi connectivity index (χ1) is 7.19. The lowest BCUT2D eigenvalue weighted by Gasteiger charge is -2.16. The van der Waals surface area contributed by atoms with Crippen LogP contribution in [0.15, 0.2) is 18.3 Å². The molecule has 1 aromatic rings. The van der Waals surface area contributed by atoms with Crippen molar-refractivity contribution in [1.29, 1.82) is 0 Å². The van der Waals surface area contributed by atoms with Gasteiger partial charge in [-0.05, 0) is 18.6 Å². The summed E-state index contributed by atoms with van der Waals surface area (Å²) in [7, 11) is 1.77. The Kier molecular flexibility index (Phi) is 4.24. The maximum Gasteiger partial charge on any atom is 0.253 e. The van der Waals surface area contributed by atoms with E-state index >= 15 is 0 Å². The van der Waals surface area contributed by atoms with Crippen LogP contribution >= 0.6 is 0 Å². The molecule has 0 unspecified atom stereocenters. The van der Waals surface area contributed by atoms with Gasteiger partial charge in [0, 0.05) is 25.4 Å². The minimum atomic E-state index is -0.140. The summed E-state index contributed by atoms with van der Waals surface area (Å²) in [5.41, 5.74) is 1.09. The Morgan fingerprint density at radius 2 is 2.33 bits per heavy atom. The zero-order valence-corrected chi connectivity index (χ0v) is 9.10. The molecular formula is C11H16N2O2. The molecule has 0 aliphatic heterocycles. The zero-order valence-electron chi connectivity index (χ0n) is 9.10. The van der Waals surface area contributed by atoms with E-state index in [1.165, 1.54) is 0 Å². The van der Waals surface area contributed by atoms with E-state index in [0.29, 0.717) is 11.3 Å². The number of hydrogen-bond donors (Lipinski definition) is 1. The largest absolute Gasteiger partial charge is 0.390 e. The van der Waals surface area contributed by atoms with E-state index in [2.05, 4.69) is 4.98 Å². The SMILES string of the molecule is CCCN(C)C(=O)c1ccnc(CO)c1. The molecule has 4 heteroatoms. The Morgan fingerprint density at radius 1 is 1.60 bits per heavy atom. The number of hydrogen-bond acceptors (Lipinski definition) is 3. The standard InChI is InChI=1S/C11H16N2O2/c1-3-6-13(2)11(15)9-4-5-12-10(7-9)8-14/h4-5,7,14H,3,6,8H2,1-2H3. The maximum atomic E-state index is 11.8. The van der Waals surface area contributed by atoms with E-state index in [-0.39, 0.29) is 12.5 Å². The molecule has 1 aromatic heterocycles. The van der Waals surface area contributed by atoms with Gasteiger partial charge in [0.1, 0.15) is 0 Å². The lowest BCUT2D eigenvalue weighted by molar-refractivity contribution is 0.0795. The molecule has 82 valence electrons. The Hall–Kier alpha value is -1.42. The van der Waals surface area contributed by atoms with Crippen molar-refractivity contribution in [3.63, 3.8) is 0 Å². The molecule has 0 radical (unpaired) electrons. The van der Waals surface area contributed by atoms with Gasteiger partial charge < -0.3 is 10.0 Å². The number of pyridine rings is 1. The molecule has 0 aliphatic carbocycles. The van der Waals surface area contributed by atoms with Gasteiger partial charge in [-0.2, -0.15) is 0 Å². The van der Waals surface area contributed by atoms with Crippen LogP contribution in [-0.4, -0.2) is 34.5 Å². The van der Waals surface area contributed by atoms with Gasteiger partial charge in [-0.3, -0.25) is 9.78 Å². The highest BCUT2D eigenvalue weighted by atomic mass is 16.3. The third kappa shape index (κ3) is 3.02. The van der Waals surface area contributed by atoms with E-state index in [4.69, 9.17) is 5.11 Å². The molecular weight excluding hydrogens is 192 g/mol. The minimum absolute atomic E-state index is 0.0334. The predicted molar refractivity (Wildman–Crippen MR) is 57.4 cm³/mol. The topological polar surface area (TPSA) is 53.4 Å². The molecule has 0 fully saturated rings. The van der Waals surface area contributed by atoms with Gasteiger partial charge in [0.15, 0.2) is 0 Å². The quantitative estimate of drug-likeness (QED) is 0.804. The van der Waals surface area contributed by atoms with Crippen molar-refractivity contribution >= 4 is 5.91 Å². The number of nitrogens with zero attached hydrogens (tertiary/aromatic N) is 2. The molecule has 1 N–H and O–H groups in total. The van der Waals surface area contributed by atoms with Crippen molar-refractivity contribution in [3.05, 3.63) is 29.6 Å². The average Bonchev–Trinajstić information content (AvgIpc) is 2.28. The first-order valence-electron chi connectivity index (χ1n) is 5.00. The maximum absolute atomic E-state index is 11.8. The third-order valence-corrected chi connectivity index (χ3v) is 2.13. The summed E-state index contributed by atoms with van der Waals surface area (Å²) in [6.45, 7) is 2.61. The van der Waals surface area contributed by atoms with Gasteiger partial charge in [-0.15, -0.1) is 0 Å². The average molecular weight is 208 g/mol. The number of amides is 1. The second-order valence-corrected chi connectivity index (χ2v) is 3.42. The first kappa shape index (κ1) is 11.7. The van der Waals surface area contributed by atoms with Crippen LogP contribution in [-0.2, 0) is 6.61 Å². The molecule has 1 amide bonds. The highest BCUT2D eigenvalue weighted by Gasteiger charge is 2.10. The molecule has 1 heterocycles. The molecule has 0 aromatic carbocycles. The highest BCUT2D eigenvalue weighted by Crippen LogP contribution is 2.05. The minimum Gasteiger partial charge on any atom is -0.390 e. The summed E-state index contributed by atoms with van der Waals surface area (Å²) in [5.74, 6) is -0.0334.